The van der Waals surface area contributed by atoms with Gasteiger partial charge in [0.15, 0.2) is 23.9 Å². The number of halogens is 2. The minimum atomic E-state index is -0.700. The Morgan fingerprint density at radius 3 is 2.85 bits per heavy atom. The van der Waals surface area contributed by atoms with Gasteiger partial charge in [-0.1, -0.05) is 23.5 Å². The molecular weight excluding hydrogens is 450 g/mol. The number of carbonyl (C=O) groups is 1. The highest BCUT2D eigenvalue weighted by Crippen LogP contribution is 2.41. The molecule has 174 valence electrons. The first-order valence-electron chi connectivity index (χ1n) is 10.9. The van der Waals surface area contributed by atoms with E-state index in [9.17, 15) is 13.6 Å². The van der Waals surface area contributed by atoms with Crippen LogP contribution in [-0.4, -0.2) is 47.2 Å². The van der Waals surface area contributed by atoms with E-state index < -0.39 is 11.6 Å². The average molecular weight is 475 g/mol. The Kier molecular flexibility index (Phi) is 5.60. The van der Waals surface area contributed by atoms with E-state index in [1.165, 1.54) is 6.07 Å². The van der Waals surface area contributed by atoms with Gasteiger partial charge >= 0.3 is 0 Å². The molecule has 3 heterocycles. The Morgan fingerprint density at radius 2 is 2.06 bits per heavy atom. The minimum absolute atomic E-state index is 0.0610. The molecule has 0 saturated carbocycles. The third-order valence-electron chi connectivity index (χ3n) is 5.86. The van der Waals surface area contributed by atoms with Gasteiger partial charge in [0.1, 0.15) is 23.0 Å². The summed E-state index contributed by atoms with van der Waals surface area (Å²) >= 11 is 1.12. The summed E-state index contributed by atoms with van der Waals surface area (Å²) in [5.74, 6) is -0.130. The number of carbonyl (C=O) groups excluding carboxylic acids is 1. The molecule has 2 aliphatic rings. The van der Waals surface area contributed by atoms with Crippen LogP contribution >= 0.6 is 11.3 Å². The van der Waals surface area contributed by atoms with Crippen LogP contribution in [-0.2, 0) is 11.2 Å². The van der Waals surface area contributed by atoms with Crippen LogP contribution in [0.3, 0.4) is 0 Å². The predicted octanol–water partition coefficient (Wildman–Crippen LogP) is 4.74. The van der Waals surface area contributed by atoms with Crippen molar-refractivity contribution in [3.63, 3.8) is 0 Å². The first kappa shape index (κ1) is 21.9. The minimum Gasteiger partial charge on any atom is -0.483 e. The van der Waals surface area contributed by atoms with E-state index in [-0.39, 0.29) is 29.7 Å². The fourth-order valence-electron chi connectivity index (χ4n) is 4.28. The molecule has 2 aromatic carbocycles. The van der Waals surface area contributed by atoms with Crippen molar-refractivity contribution in [3.8, 4) is 16.7 Å². The van der Waals surface area contributed by atoms with Crippen molar-refractivity contribution in [2.24, 2.45) is 0 Å². The smallest absolute Gasteiger partial charge is 0.274 e. The lowest BCUT2D eigenvalue weighted by Gasteiger charge is -2.31. The van der Waals surface area contributed by atoms with E-state index in [2.05, 4.69) is 4.98 Å². The molecule has 0 unspecified atom stereocenters. The third-order valence-corrected chi connectivity index (χ3v) is 6.76. The summed E-state index contributed by atoms with van der Waals surface area (Å²) in [6.07, 6.45) is 1.90. The maximum atomic E-state index is 13.9. The number of para-hydroxylation sites is 1. The number of piperidine rings is 1. The fraction of sp³-hybridized carbons (Fsp3) is 0.417. The van der Waals surface area contributed by atoms with E-state index in [0.29, 0.717) is 41.6 Å². The molecule has 2 aliphatic heterocycles. The molecule has 9 heteroatoms. The van der Waals surface area contributed by atoms with Gasteiger partial charge < -0.3 is 19.1 Å². The summed E-state index contributed by atoms with van der Waals surface area (Å²) in [6.45, 7) is 5.04. The molecule has 33 heavy (non-hydrogen) atoms. The molecular formula is C24H24F2N2O4S. The average Bonchev–Trinajstić information content (AvgIpc) is 3.31. The zero-order valence-corrected chi connectivity index (χ0v) is 19.2. The predicted molar refractivity (Wildman–Crippen MR) is 120 cm³/mol. The van der Waals surface area contributed by atoms with Crippen molar-refractivity contribution in [3.05, 3.63) is 47.5 Å². The molecule has 0 N–H and O–H groups in total. The summed E-state index contributed by atoms with van der Waals surface area (Å²) in [5.41, 5.74) is 0.915. The van der Waals surface area contributed by atoms with Gasteiger partial charge in [-0.15, -0.1) is 0 Å². The number of ether oxygens (including phenoxy) is 3. The number of rotatable bonds is 5. The van der Waals surface area contributed by atoms with Gasteiger partial charge in [-0.3, -0.25) is 4.79 Å². The molecule has 0 bridgehead atoms. The van der Waals surface area contributed by atoms with E-state index in [0.717, 1.165) is 35.1 Å². The lowest BCUT2D eigenvalue weighted by atomic mass is 10.0. The van der Waals surface area contributed by atoms with Gasteiger partial charge in [0.05, 0.1) is 4.70 Å². The van der Waals surface area contributed by atoms with Gasteiger partial charge in [-0.05, 0) is 26.0 Å². The van der Waals surface area contributed by atoms with Crippen LogP contribution in [0, 0.1) is 11.6 Å². The van der Waals surface area contributed by atoms with Crippen LogP contribution in [0.1, 0.15) is 32.3 Å². The van der Waals surface area contributed by atoms with Crippen LogP contribution in [0.4, 0.5) is 8.78 Å². The molecule has 1 saturated heterocycles. The normalized spacial score (nSPS) is 17.6. The Hall–Kier alpha value is -2.94. The molecule has 1 amide bonds. The summed E-state index contributed by atoms with van der Waals surface area (Å²) in [7, 11) is 0. The van der Waals surface area contributed by atoms with Gasteiger partial charge in [-0.2, -0.15) is 4.98 Å². The standard InChI is InChI=1S/C24H24F2N2O4S/c1-24(2)12-14-4-3-5-18(22(14)32-24)30-13-20(29)28-8-6-16(7-9-28)31-23-27-21-17(26)10-15(25)11-19(21)33-23/h3-5,10-11,16H,6-9,12-13H2,1-2H3. The summed E-state index contributed by atoms with van der Waals surface area (Å²) in [5, 5.41) is 0.309. The second-order valence-electron chi connectivity index (χ2n) is 8.98. The van der Waals surface area contributed by atoms with Crippen molar-refractivity contribution in [2.45, 2.75) is 44.8 Å². The van der Waals surface area contributed by atoms with E-state index in [4.69, 9.17) is 14.2 Å². The van der Waals surface area contributed by atoms with Crippen LogP contribution in [0.15, 0.2) is 30.3 Å². The first-order valence-corrected chi connectivity index (χ1v) is 11.7. The third kappa shape index (κ3) is 4.59. The highest BCUT2D eigenvalue weighted by Gasteiger charge is 2.32. The molecule has 0 atom stereocenters. The van der Waals surface area contributed by atoms with Gasteiger partial charge in [0.25, 0.3) is 11.1 Å². The monoisotopic (exact) mass is 474 g/mol. The van der Waals surface area contributed by atoms with E-state index in [1.54, 1.807) is 4.90 Å². The summed E-state index contributed by atoms with van der Waals surface area (Å²) < 4.78 is 45.4. The number of thiazole rings is 1. The Balaban J connectivity index is 1.14. The molecule has 5 rings (SSSR count). The molecule has 3 aromatic rings. The lowest BCUT2D eigenvalue weighted by Crippen LogP contribution is -2.43. The maximum Gasteiger partial charge on any atom is 0.274 e. The molecule has 1 aromatic heterocycles. The van der Waals surface area contributed by atoms with Gasteiger partial charge in [-0.25, -0.2) is 8.78 Å². The fourth-order valence-corrected chi connectivity index (χ4v) is 5.21. The van der Waals surface area contributed by atoms with Crippen molar-refractivity contribution < 1.29 is 27.8 Å². The van der Waals surface area contributed by atoms with E-state index >= 15 is 0 Å². The number of aromatic nitrogens is 1. The zero-order valence-electron chi connectivity index (χ0n) is 18.4. The van der Waals surface area contributed by atoms with Gasteiger partial charge in [0.2, 0.25) is 0 Å². The SMILES string of the molecule is CC1(C)Cc2cccc(OCC(=O)N3CCC(Oc4nc5c(F)cc(F)cc5s4)CC3)c2O1. The Bertz CT molecular complexity index is 1200. The first-order chi connectivity index (χ1) is 15.8. The number of hydrogen-bond acceptors (Lipinski definition) is 6. The van der Waals surface area contributed by atoms with Crippen LogP contribution in [0.5, 0.6) is 16.7 Å². The Morgan fingerprint density at radius 1 is 1.27 bits per heavy atom. The molecule has 0 spiro atoms. The number of amides is 1. The highest BCUT2D eigenvalue weighted by atomic mass is 32.1. The zero-order chi connectivity index (χ0) is 23.2. The molecule has 6 nitrogen and oxygen atoms in total. The molecule has 0 aliphatic carbocycles. The van der Waals surface area contributed by atoms with Gasteiger partial charge in [0, 0.05) is 44.0 Å². The van der Waals surface area contributed by atoms with E-state index in [1.807, 2.05) is 32.0 Å². The molecule has 1 fully saturated rings. The molecule has 0 radical (unpaired) electrons. The topological polar surface area (TPSA) is 60.9 Å². The summed E-state index contributed by atoms with van der Waals surface area (Å²) in [4.78, 5) is 18.6. The highest BCUT2D eigenvalue weighted by molar-refractivity contribution is 7.20. The number of benzene rings is 2. The van der Waals surface area contributed by atoms with Crippen molar-refractivity contribution >= 4 is 27.5 Å². The second-order valence-corrected chi connectivity index (χ2v) is 9.98. The number of hydrogen-bond donors (Lipinski definition) is 0. The number of fused-ring (bicyclic) bond motifs is 2. The quantitative estimate of drug-likeness (QED) is 0.535. The number of nitrogens with zero attached hydrogens (tertiary/aromatic N) is 2. The largest absolute Gasteiger partial charge is 0.483 e. The Labute approximate surface area is 194 Å². The summed E-state index contributed by atoms with van der Waals surface area (Å²) in [6, 6.07) is 7.81. The van der Waals surface area contributed by atoms with Crippen molar-refractivity contribution in [2.75, 3.05) is 19.7 Å². The maximum absolute atomic E-state index is 13.9. The van der Waals surface area contributed by atoms with Crippen molar-refractivity contribution in [1.82, 2.24) is 9.88 Å². The van der Waals surface area contributed by atoms with Crippen LogP contribution < -0.4 is 14.2 Å². The van der Waals surface area contributed by atoms with Crippen molar-refractivity contribution in [1.29, 1.82) is 0 Å². The number of likely N-dealkylation sites (tertiary alicyclic amines) is 1. The van der Waals surface area contributed by atoms with Crippen LogP contribution in [0.2, 0.25) is 0 Å². The van der Waals surface area contributed by atoms with Crippen LogP contribution in [0.25, 0.3) is 10.2 Å². The second kappa shape index (κ2) is 8.44. The lowest BCUT2D eigenvalue weighted by molar-refractivity contribution is -0.135.